The molecule has 0 spiro atoms. The molecule has 0 saturated heterocycles. The average Bonchev–Trinajstić information content (AvgIpc) is 2.34. The molecule has 0 aliphatic carbocycles. The van der Waals surface area contributed by atoms with Gasteiger partial charge >= 0.3 is 0 Å². The first kappa shape index (κ1) is 14.1. The Morgan fingerprint density at radius 1 is 1.41 bits per heavy atom. The molecule has 0 amide bonds. The molecule has 0 radical (unpaired) electrons. The first-order chi connectivity index (χ1) is 8.19. The zero-order chi connectivity index (χ0) is 12.7. The Morgan fingerprint density at radius 3 is 2.82 bits per heavy atom. The van der Waals surface area contributed by atoms with Crippen molar-refractivity contribution in [1.29, 1.82) is 0 Å². The molecule has 0 heterocycles. The van der Waals surface area contributed by atoms with Crippen LogP contribution in [0.1, 0.15) is 45.1 Å². The van der Waals surface area contributed by atoms with Crippen molar-refractivity contribution in [3.63, 3.8) is 0 Å². The van der Waals surface area contributed by atoms with E-state index < -0.39 is 0 Å². The summed E-state index contributed by atoms with van der Waals surface area (Å²) in [5.74, 6) is 7.45. The zero-order valence-electron chi connectivity index (χ0n) is 10.7. The van der Waals surface area contributed by atoms with Crippen LogP contribution in [0, 0.1) is 11.8 Å². The molecule has 1 atom stereocenters. The number of hydrogen-bond acceptors (Lipinski definition) is 1. The molecule has 0 aromatic heterocycles. The fourth-order valence-corrected chi connectivity index (χ4v) is 1.99. The van der Waals surface area contributed by atoms with Crippen molar-refractivity contribution in [2.45, 2.75) is 39.5 Å². The van der Waals surface area contributed by atoms with E-state index >= 15 is 0 Å². The molecular weight excluding hydrogens is 276 g/mol. The van der Waals surface area contributed by atoms with Crippen LogP contribution in [0.15, 0.2) is 22.7 Å². The summed E-state index contributed by atoms with van der Waals surface area (Å²) in [6, 6.07) is 6.19. The van der Waals surface area contributed by atoms with Gasteiger partial charge in [0.25, 0.3) is 0 Å². The fourth-order valence-electron chi connectivity index (χ4n) is 1.61. The minimum atomic E-state index is 0.395. The van der Waals surface area contributed by atoms with Crippen LogP contribution in [0.25, 0.3) is 0 Å². The zero-order valence-corrected chi connectivity index (χ0v) is 12.3. The lowest BCUT2D eigenvalue weighted by Gasteiger charge is -2.15. The van der Waals surface area contributed by atoms with Crippen molar-refractivity contribution in [2.24, 2.45) is 0 Å². The number of benzene rings is 1. The normalized spacial score (nSPS) is 11.5. The Balaban J connectivity index is 2.91. The molecule has 0 aliphatic heterocycles. The highest BCUT2D eigenvalue weighted by molar-refractivity contribution is 9.10. The first-order valence-corrected chi connectivity index (χ1v) is 6.80. The molecule has 2 heteroatoms. The van der Waals surface area contributed by atoms with Crippen molar-refractivity contribution in [3.8, 4) is 17.6 Å². The largest absolute Gasteiger partial charge is 0.493 e. The van der Waals surface area contributed by atoms with E-state index in [0.717, 1.165) is 29.7 Å². The molecular formula is C15H19BrO. The van der Waals surface area contributed by atoms with Gasteiger partial charge in [-0.05, 0) is 43.0 Å². The molecule has 1 aromatic rings. The predicted molar refractivity (Wildman–Crippen MR) is 76.4 cm³/mol. The lowest BCUT2D eigenvalue weighted by Crippen LogP contribution is -2.01. The van der Waals surface area contributed by atoms with E-state index in [0.29, 0.717) is 5.92 Å². The third kappa shape index (κ3) is 4.44. The summed E-state index contributed by atoms with van der Waals surface area (Å²) in [4.78, 5) is 0. The van der Waals surface area contributed by atoms with Crippen molar-refractivity contribution in [1.82, 2.24) is 0 Å². The Hall–Kier alpha value is -0.940. The van der Waals surface area contributed by atoms with E-state index in [1.54, 1.807) is 0 Å². The summed E-state index contributed by atoms with van der Waals surface area (Å²) >= 11 is 3.51. The second-order valence-corrected chi connectivity index (χ2v) is 4.98. The van der Waals surface area contributed by atoms with Crippen molar-refractivity contribution < 1.29 is 4.74 Å². The Morgan fingerprint density at radius 2 is 2.18 bits per heavy atom. The van der Waals surface area contributed by atoms with Gasteiger partial charge in [0, 0.05) is 10.9 Å². The van der Waals surface area contributed by atoms with Crippen LogP contribution >= 0.6 is 15.9 Å². The Bertz CT molecular complexity index is 415. The van der Waals surface area contributed by atoms with Crippen LogP contribution in [0.2, 0.25) is 0 Å². The molecule has 0 N–H and O–H groups in total. The highest BCUT2D eigenvalue weighted by atomic mass is 79.9. The molecule has 0 aliphatic rings. The maximum Gasteiger partial charge on any atom is 0.122 e. The molecule has 1 rings (SSSR count). The van der Waals surface area contributed by atoms with Gasteiger partial charge in [0.15, 0.2) is 0 Å². The van der Waals surface area contributed by atoms with Gasteiger partial charge in [0.05, 0.1) is 6.61 Å². The van der Waals surface area contributed by atoms with Crippen molar-refractivity contribution in [2.75, 3.05) is 6.61 Å². The van der Waals surface area contributed by atoms with Crippen LogP contribution in [0.3, 0.4) is 0 Å². The minimum absolute atomic E-state index is 0.395. The van der Waals surface area contributed by atoms with Crippen LogP contribution in [0.4, 0.5) is 0 Å². The monoisotopic (exact) mass is 294 g/mol. The number of halogens is 1. The van der Waals surface area contributed by atoms with Gasteiger partial charge in [-0.25, -0.2) is 0 Å². The van der Waals surface area contributed by atoms with E-state index in [9.17, 15) is 0 Å². The summed E-state index contributed by atoms with van der Waals surface area (Å²) in [6.07, 6.45) is 1.90. The van der Waals surface area contributed by atoms with E-state index in [4.69, 9.17) is 4.74 Å². The molecule has 17 heavy (non-hydrogen) atoms. The lowest BCUT2D eigenvalue weighted by atomic mass is 9.97. The smallest absolute Gasteiger partial charge is 0.122 e. The van der Waals surface area contributed by atoms with Crippen LogP contribution in [-0.2, 0) is 0 Å². The maximum absolute atomic E-state index is 5.77. The molecule has 92 valence electrons. The molecule has 0 bridgehead atoms. The quantitative estimate of drug-likeness (QED) is 0.712. The van der Waals surface area contributed by atoms with E-state index in [2.05, 4.69) is 47.7 Å². The second kappa shape index (κ2) is 7.40. The summed E-state index contributed by atoms with van der Waals surface area (Å²) < 4.78 is 6.86. The first-order valence-electron chi connectivity index (χ1n) is 6.00. The summed E-state index contributed by atoms with van der Waals surface area (Å²) in [6.45, 7) is 6.94. The van der Waals surface area contributed by atoms with Gasteiger partial charge in [0.1, 0.15) is 5.75 Å². The third-order valence-corrected chi connectivity index (χ3v) is 3.04. The predicted octanol–water partition coefficient (Wildman–Crippen LogP) is 4.75. The topological polar surface area (TPSA) is 9.23 Å². The molecule has 1 nitrogen and oxygen atoms in total. The standard InChI is InChI=1S/C15H19BrO/c1-4-6-7-12(3)14-11-13(16)8-9-15(14)17-10-5-2/h8-9,11-12H,5,7,10H2,1-3H3. The fraction of sp³-hybridized carbons (Fsp3) is 0.467. The van der Waals surface area contributed by atoms with Gasteiger partial charge < -0.3 is 4.74 Å². The summed E-state index contributed by atoms with van der Waals surface area (Å²) in [5, 5.41) is 0. The molecule has 0 fully saturated rings. The molecule has 1 aromatic carbocycles. The van der Waals surface area contributed by atoms with Gasteiger partial charge in [0.2, 0.25) is 0 Å². The summed E-state index contributed by atoms with van der Waals surface area (Å²) in [5.41, 5.74) is 1.23. The SMILES string of the molecule is CC#CCC(C)c1cc(Br)ccc1OCCC. The van der Waals surface area contributed by atoms with E-state index in [1.807, 2.05) is 19.1 Å². The van der Waals surface area contributed by atoms with Crippen LogP contribution < -0.4 is 4.74 Å². The highest BCUT2D eigenvalue weighted by Crippen LogP contribution is 2.31. The second-order valence-electron chi connectivity index (χ2n) is 4.06. The Labute approximate surface area is 113 Å². The van der Waals surface area contributed by atoms with Crippen molar-refractivity contribution >= 4 is 15.9 Å². The van der Waals surface area contributed by atoms with Gasteiger partial charge in [-0.3, -0.25) is 0 Å². The van der Waals surface area contributed by atoms with Gasteiger partial charge in [-0.1, -0.05) is 29.8 Å². The summed E-state index contributed by atoms with van der Waals surface area (Å²) in [7, 11) is 0. The third-order valence-electron chi connectivity index (χ3n) is 2.55. The van der Waals surface area contributed by atoms with E-state index in [-0.39, 0.29) is 0 Å². The van der Waals surface area contributed by atoms with Crippen LogP contribution in [0.5, 0.6) is 5.75 Å². The number of rotatable bonds is 5. The Kier molecular flexibility index (Phi) is 6.15. The number of hydrogen-bond donors (Lipinski definition) is 0. The number of ether oxygens (including phenoxy) is 1. The van der Waals surface area contributed by atoms with E-state index in [1.165, 1.54) is 5.56 Å². The lowest BCUT2D eigenvalue weighted by molar-refractivity contribution is 0.312. The molecule has 0 saturated carbocycles. The molecule has 1 unspecified atom stereocenters. The van der Waals surface area contributed by atoms with Crippen molar-refractivity contribution in [3.05, 3.63) is 28.2 Å². The maximum atomic E-state index is 5.77. The highest BCUT2D eigenvalue weighted by Gasteiger charge is 2.11. The minimum Gasteiger partial charge on any atom is -0.493 e. The average molecular weight is 295 g/mol. The van der Waals surface area contributed by atoms with Gasteiger partial charge in [-0.2, -0.15) is 0 Å². The van der Waals surface area contributed by atoms with Gasteiger partial charge in [-0.15, -0.1) is 11.8 Å². The van der Waals surface area contributed by atoms with Crippen LogP contribution in [-0.4, -0.2) is 6.61 Å².